The number of nitrogen functional groups attached to an aromatic ring is 1. The van der Waals surface area contributed by atoms with Gasteiger partial charge in [0.05, 0.1) is 6.10 Å². The van der Waals surface area contributed by atoms with Crippen LogP contribution in [0.15, 0.2) is 42.5 Å². The summed E-state index contributed by atoms with van der Waals surface area (Å²) in [6.45, 7) is 0.644. The lowest BCUT2D eigenvalue weighted by atomic mass is 10.1. The Bertz CT molecular complexity index is 567. The Balaban J connectivity index is 1.93. The normalized spacial score (nSPS) is 12.2. The molecular formula is C15H18N2O3. The van der Waals surface area contributed by atoms with E-state index in [4.69, 9.17) is 5.73 Å². The zero-order valence-corrected chi connectivity index (χ0v) is 11.0. The van der Waals surface area contributed by atoms with E-state index in [1.807, 2.05) is 0 Å². The number of phenols is 2. The van der Waals surface area contributed by atoms with Gasteiger partial charge in [0.2, 0.25) is 0 Å². The predicted molar refractivity (Wildman–Crippen MR) is 77.3 cm³/mol. The minimum Gasteiger partial charge on any atom is -0.508 e. The minimum atomic E-state index is -0.742. The van der Waals surface area contributed by atoms with Gasteiger partial charge in [-0.1, -0.05) is 18.2 Å². The number of aliphatic hydroxyl groups excluding tert-OH is 1. The lowest BCUT2D eigenvalue weighted by molar-refractivity contribution is 0.174. The van der Waals surface area contributed by atoms with Crippen molar-refractivity contribution in [2.45, 2.75) is 12.6 Å². The van der Waals surface area contributed by atoms with Gasteiger partial charge < -0.3 is 26.4 Å². The van der Waals surface area contributed by atoms with Crippen molar-refractivity contribution in [3.63, 3.8) is 0 Å². The molecule has 0 amide bonds. The van der Waals surface area contributed by atoms with E-state index in [1.165, 1.54) is 6.07 Å². The van der Waals surface area contributed by atoms with Crippen LogP contribution in [0.4, 0.5) is 5.69 Å². The number of benzene rings is 2. The molecule has 0 heterocycles. The van der Waals surface area contributed by atoms with E-state index < -0.39 is 6.10 Å². The van der Waals surface area contributed by atoms with Crippen molar-refractivity contribution in [3.05, 3.63) is 53.6 Å². The first kappa shape index (κ1) is 14.2. The van der Waals surface area contributed by atoms with E-state index in [0.717, 1.165) is 0 Å². The number of phenolic OH excluding ortho intramolecular Hbond substituents is 2. The smallest absolute Gasteiger partial charge is 0.122 e. The molecule has 2 rings (SSSR count). The molecule has 0 fully saturated rings. The SMILES string of the molecule is Nc1cccc(O)c1CNCC(O)c1cccc(O)c1. The van der Waals surface area contributed by atoms with E-state index in [-0.39, 0.29) is 18.0 Å². The summed E-state index contributed by atoms with van der Waals surface area (Å²) in [4.78, 5) is 0. The molecule has 0 spiro atoms. The highest BCUT2D eigenvalue weighted by molar-refractivity contribution is 5.53. The van der Waals surface area contributed by atoms with E-state index >= 15 is 0 Å². The molecule has 1 atom stereocenters. The third-order valence-electron chi connectivity index (χ3n) is 3.08. The number of rotatable bonds is 5. The van der Waals surface area contributed by atoms with E-state index in [2.05, 4.69) is 5.32 Å². The van der Waals surface area contributed by atoms with Crippen LogP contribution < -0.4 is 11.1 Å². The maximum absolute atomic E-state index is 9.99. The lowest BCUT2D eigenvalue weighted by Crippen LogP contribution is -2.21. The third kappa shape index (κ3) is 3.40. The minimum absolute atomic E-state index is 0.117. The predicted octanol–water partition coefficient (Wildman–Crippen LogP) is 1.50. The Kier molecular flexibility index (Phi) is 4.45. The Hall–Kier alpha value is -2.24. The van der Waals surface area contributed by atoms with Gasteiger partial charge in [0.15, 0.2) is 0 Å². The monoisotopic (exact) mass is 274 g/mol. The summed E-state index contributed by atoms with van der Waals surface area (Å²) >= 11 is 0. The summed E-state index contributed by atoms with van der Waals surface area (Å²) in [6.07, 6.45) is -0.742. The van der Waals surface area contributed by atoms with Crippen molar-refractivity contribution in [1.29, 1.82) is 0 Å². The van der Waals surface area contributed by atoms with Crippen LogP contribution in [0, 0.1) is 0 Å². The molecular weight excluding hydrogens is 256 g/mol. The molecule has 0 aliphatic carbocycles. The standard InChI is InChI=1S/C15H18N2O3/c16-13-5-2-6-14(19)12(13)8-17-9-15(20)10-3-1-4-11(18)7-10/h1-7,15,17-20H,8-9,16H2. The Morgan fingerprint density at radius 1 is 1.10 bits per heavy atom. The van der Waals surface area contributed by atoms with Gasteiger partial charge in [0.1, 0.15) is 11.5 Å². The fourth-order valence-electron chi connectivity index (χ4n) is 1.97. The van der Waals surface area contributed by atoms with Gasteiger partial charge in [-0.15, -0.1) is 0 Å². The molecule has 0 radical (unpaired) electrons. The molecule has 5 nitrogen and oxygen atoms in total. The molecule has 20 heavy (non-hydrogen) atoms. The number of anilines is 1. The average Bonchev–Trinajstić information content (AvgIpc) is 2.42. The maximum atomic E-state index is 9.99. The Labute approximate surface area is 117 Å². The summed E-state index contributed by atoms with van der Waals surface area (Å²) in [7, 11) is 0. The number of hydrogen-bond acceptors (Lipinski definition) is 5. The van der Waals surface area contributed by atoms with Crippen LogP contribution in [0.3, 0.4) is 0 Å². The fourth-order valence-corrected chi connectivity index (χ4v) is 1.97. The molecule has 0 bridgehead atoms. The number of hydrogen-bond donors (Lipinski definition) is 5. The number of nitrogens with two attached hydrogens (primary N) is 1. The highest BCUT2D eigenvalue weighted by Gasteiger charge is 2.09. The van der Waals surface area contributed by atoms with E-state index in [0.29, 0.717) is 23.4 Å². The van der Waals surface area contributed by atoms with E-state index in [1.54, 1.807) is 36.4 Å². The molecule has 2 aromatic rings. The van der Waals surface area contributed by atoms with Gasteiger partial charge in [-0.05, 0) is 29.8 Å². The summed E-state index contributed by atoms with van der Waals surface area (Å²) in [5.74, 6) is 0.246. The summed E-state index contributed by atoms with van der Waals surface area (Å²) < 4.78 is 0. The Morgan fingerprint density at radius 2 is 1.85 bits per heavy atom. The second-order valence-electron chi connectivity index (χ2n) is 4.59. The lowest BCUT2D eigenvalue weighted by Gasteiger charge is -2.14. The van der Waals surface area contributed by atoms with Gasteiger partial charge in [0.25, 0.3) is 0 Å². The Morgan fingerprint density at radius 3 is 2.55 bits per heavy atom. The topological polar surface area (TPSA) is 98.7 Å². The molecule has 6 N–H and O–H groups in total. The molecule has 0 saturated carbocycles. The molecule has 0 aliphatic heterocycles. The van der Waals surface area contributed by atoms with E-state index in [9.17, 15) is 15.3 Å². The summed E-state index contributed by atoms with van der Waals surface area (Å²) in [5.41, 5.74) is 7.51. The molecule has 5 heteroatoms. The van der Waals surface area contributed by atoms with Gasteiger partial charge in [-0.3, -0.25) is 0 Å². The van der Waals surface area contributed by atoms with Crippen LogP contribution in [0.5, 0.6) is 11.5 Å². The van der Waals surface area contributed by atoms with Gasteiger partial charge in [-0.25, -0.2) is 0 Å². The van der Waals surface area contributed by atoms with Crippen molar-refractivity contribution in [3.8, 4) is 11.5 Å². The van der Waals surface area contributed by atoms with Crippen molar-refractivity contribution < 1.29 is 15.3 Å². The molecule has 106 valence electrons. The van der Waals surface area contributed by atoms with Gasteiger partial charge >= 0.3 is 0 Å². The average molecular weight is 274 g/mol. The molecule has 0 aliphatic rings. The molecule has 2 aromatic carbocycles. The van der Waals surface area contributed by atoms with Crippen molar-refractivity contribution >= 4 is 5.69 Å². The molecule has 1 unspecified atom stereocenters. The van der Waals surface area contributed by atoms with Gasteiger partial charge in [0, 0.05) is 24.3 Å². The molecule has 0 aromatic heterocycles. The quantitative estimate of drug-likeness (QED) is 0.532. The zero-order chi connectivity index (χ0) is 14.5. The fraction of sp³-hybridized carbons (Fsp3) is 0.200. The van der Waals surface area contributed by atoms with Crippen LogP contribution in [-0.2, 0) is 6.54 Å². The maximum Gasteiger partial charge on any atom is 0.122 e. The highest BCUT2D eigenvalue weighted by Crippen LogP contribution is 2.23. The first-order valence-corrected chi connectivity index (χ1v) is 6.32. The zero-order valence-electron chi connectivity index (χ0n) is 11.0. The first-order valence-electron chi connectivity index (χ1n) is 6.32. The number of aliphatic hydroxyl groups is 1. The number of nitrogens with one attached hydrogen (secondary N) is 1. The highest BCUT2D eigenvalue weighted by atomic mass is 16.3. The number of aromatic hydroxyl groups is 2. The van der Waals surface area contributed by atoms with Crippen LogP contribution in [0.1, 0.15) is 17.2 Å². The van der Waals surface area contributed by atoms with Gasteiger partial charge in [-0.2, -0.15) is 0 Å². The molecule has 0 saturated heterocycles. The van der Waals surface area contributed by atoms with Crippen molar-refractivity contribution in [2.24, 2.45) is 0 Å². The van der Waals surface area contributed by atoms with Crippen LogP contribution in [0.2, 0.25) is 0 Å². The van der Waals surface area contributed by atoms with Crippen LogP contribution >= 0.6 is 0 Å². The van der Waals surface area contributed by atoms with Crippen LogP contribution in [0.25, 0.3) is 0 Å². The van der Waals surface area contributed by atoms with Crippen molar-refractivity contribution in [2.75, 3.05) is 12.3 Å². The second kappa shape index (κ2) is 6.27. The summed E-state index contributed by atoms with van der Waals surface area (Å²) in [6, 6.07) is 11.4. The third-order valence-corrected chi connectivity index (χ3v) is 3.08. The second-order valence-corrected chi connectivity index (χ2v) is 4.59. The first-order chi connectivity index (χ1) is 9.58. The van der Waals surface area contributed by atoms with Crippen LogP contribution in [-0.4, -0.2) is 21.9 Å². The summed E-state index contributed by atoms with van der Waals surface area (Å²) in [5, 5.41) is 32.1. The largest absolute Gasteiger partial charge is 0.508 e. The van der Waals surface area contributed by atoms with Crippen molar-refractivity contribution in [1.82, 2.24) is 5.32 Å².